The van der Waals surface area contributed by atoms with Gasteiger partial charge in [0, 0.05) is 25.7 Å². The lowest BCUT2D eigenvalue weighted by molar-refractivity contribution is 0.261. The Bertz CT molecular complexity index is 482. The summed E-state index contributed by atoms with van der Waals surface area (Å²) in [5.74, 6) is 0.992. The standard InChI is InChI=1S/C16H21N3/c1-3-19(4-2)18-16-11-10-15(12-13-17-16)14-8-6-5-7-9-14/h5-10,12-13H,3-4,11H2,1-2H3,(H,17,18). The Morgan fingerprint density at radius 1 is 1.16 bits per heavy atom. The number of aliphatic imine (C=N–C) groups is 1. The fourth-order valence-corrected chi connectivity index (χ4v) is 2.02. The summed E-state index contributed by atoms with van der Waals surface area (Å²) in [7, 11) is 0. The van der Waals surface area contributed by atoms with Crippen molar-refractivity contribution in [2.24, 2.45) is 4.99 Å². The largest absolute Gasteiger partial charge is 0.306 e. The molecule has 0 fully saturated rings. The van der Waals surface area contributed by atoms with Gasteiger partial charge in [0.25, 0.3) is 0 Å². The number of hydrogen-bond acceptors (Lipinski definition) is 3. The molecule has 0 unspecified atom stereocenters. The molecule has 0 atom stereocenters. The van der Waals surface area contributed by atoms with Crippen LogP contribution in [-0.2, 0) is 0 Å². The molecule has 1 aromatic carbocycles. The molecule has 19 heavy (non-hydrogen) atoms. The second kappa shape index (κ2) is 6.90. The molecule has 0 aromatic heterocycles. The van der Waals surface area contributed by atoms with E-state index >= 15 is 0 Å². The first-order valence-corrected chi connectivity index (χ1v) is 6.84. The Hall–Kier alpha value is -1.87. The van der Waals surface area contributed by atoms with Crippen molar-refractivity contribution in [1.29, 1.82) is 0 Å². The third-order valence-electron chi connectivity index (χ3n) is 3.16. The molecule has 100 valence electrons. The molecule has 3 heteroatoms. The van der Waals surface area contributed by atoms with Gasteiger partial charge >= 0.3 is 0 Å². The first-order valence-electron chi connectivity index (χ1n) is 6.84. The number of amidine groups is 1. The predicted octanol–water partition coefficient (Wildman–Crippen LogP) is 3.23. The van der Waals surface area contributed by atoms with Crippen LogP contribution in [0.3, 0.4) is 0 Å². The monoisotopic (exact) mass is 255 g/mol. The molecule has 0 amide bonds. The van der Waals surface area contributed by atoms with Gasteiger partial charge in [0.2, 0.25) is 0 Å². The van der Waals surface area contributed by atoms with Crippen LogP contribution in [0.15, 0.2) is 53.7 Å². The predicted molar refractivity (Wildman–Crippen MR) is 81.7 cm³/mol. The first-order chi connectivity index (χ1) is 9.33. The van der Waals surface area contributed by atoms with E-state index < -0.39 is 0 Å². The molecule has 1 aromatic rings. The number of hydrazine groups is 1. The van der Waals surface area contributed by atoms with Crippen molar-refractivity contribution in [3.05, 3.63) is 54.2 Å². The molecule has 0 saturated carbocycles. The fraction of sp³-hybridized carbons (Fsp3) is 0.312. The third kappa shape index (κ3) is 3.80. The number of hydrogen-bond donors (Lipinski definition) is 1. The number of nitrogens with one attached hydrogen (secondary N) is 1. The molecule has 0 aliphatic carbocycles. The van der Waals surface area contributed by atoms with Crippen LogP contribution in [0.25, 0.3) is 5.57 Å². The highest BCUT2D eigenvalue weighted by Gasteiger charge is 2.05. The highest BCUT2D eigenvalue weighted by atomic mass is 15.5. The zero-order chi connectivity index (χ0) is 13.5. The average Bonchev–Trinajstić information content (AvgIpc) is 2.71. The van der Waals surface area contributed by atoms with Gasteiger partial charge in [-0.15, -0.1) is 0 Å². The molecule has 0 radical (unpaired) electrons. The highest BCUT2D eigenvalue weighted by molar-refractivity contribution is 5.88. The van der Waals surface area contributed by atoms with Crippen LogP contribution in [0.1, 0.15) is 25.8 Å². The van der Waals surface area contributed by atoms with E-state index in [0.29, 0.717) is 0 Å². The van der Waals surface area contributed by atoms with Gasteiger partial charge in [-0.25, -0.2) is 10.0 Å². The summed E-state index contributed by atoms with van der Waals surface area (Å²) in [6.45, 7) is 6.20. The minimum atomic E-state index is 0.827. The van der Waals surface area contributed by atoms with Gasteiger partial charge in [-0.3, -0.25) is 0 Å². The van der Waals surface area contributed by atoms with E-state index in [1.54, 1.807) is 0 Å². The smallest absolute Gasteiger partial charge is 0.120 e. The van der Waals surface area contributed by atoms with E-state index in [1.165, 1.54) is 11.1 Å². The quantitative estimate of drug-likeness (QED) is 0.836. The van der Waals surface area contributed by atoms with Crippen LogP contribution in [0.4, 0.5) is 0 Å². The molecule has 1 heterocycles. The maximum Gasteiger partial charge on any atom is 0.120 e. The summed E-state index contributed by atoms with van der Waals surface area (Å²) in [5, 5.41) is 2.15. The minimum Gasteiger partial charge on any atom is -0.306 e. The molecule has 0 spiro atoms. The second-order valence-electron chi connectivity index (χ2n) is 4.41. The molecule has 3 nitrogen and oxygen atoms in total. The zero-order valence-corrected chi connectivity index (χ0v) is 11.6. The summed E-state index contributed by atoms with van der Waals surface area (Å²) in [6, 6.07) is 10.4. The lowest BCUT2D eigenvalue weighted by atomic mass is 10.1. The topological polar surface area (TPSA) is 27.6 Å². The van der Waals surface area contributed by atoms with E-state index in [-0.39, 0.29) is 0 Å². The van der Waals surface area contributed by atoms with Crippen molar-refractivity contribution < 1.29 is 0 Å². The van der Waals surface area contributed by atoms with Gasteiger partial charge in [-0.05, 0) is 17.2 Å². The van der Waals surface area contributed by atoms with Crippen LogP contribution in [0.2, 0.25) is 0 Å². The van der Waals surface area contributed by atoms with Crippen LogP contribution in [-0.4, -0.2) is 23.9 Å². The second-order valence-corrected chi connectivity index (χ2v) is 4.41. The van der Waals surface area contributed by atoms with E-state index in [0.717, 1.165) is 25.3 Å². The maximum atomic E-state index is 4.47. The number of rotatable bonds is 4. The Balaban J connectivity index is 2.06. The van der Waals surface area contributed by atoms with Gasteiger partial charge in [0.15, 0.2) is 0 Å². The number of nitrogens with zero attached hydrogens (tertiary/aromatic N) is 2. The minimum absolute atomic E-state index is 0.827. The van der Waals surface area contributed by atoms with E-state index in [9.17, 15) is 0 Å². The SMILES string of the molecule is CCN(CC)NC1=NC=CC(c2ccccc2)=CC1. The van der Waals surface area contributed by atoms with Gasteiger partial charge in [0.1, 0.15) is 5.84 Å². The van der Waals surface area contributed by atoms with Crippen LogP contribution >= 0.6 is 0 Å². The molecular weight excluding hydrogens is 234 g/mol. The van der Waals surface area contributed by atoms with Crippen molar-refractivity contribution in [3.63, 3.8) is 0 Å². The summed E-state index contributed by atoms with van der Waals surface area (Å²) in [6.07, 6.45) is 6.98. The van der Waals surface area contributed by atoms with Crippen LogP contribution in [0.5, 0.6) is 0 Å². The highest BCUT2D eigenvalue weighted by Crippen LogP contribution is 2.18. The van der Waals surface area contributed by atoms with Gasteiger partial charge in [-0.2, -0.15) is 0 Å². The summed E-state index contributed by atoms with van der Waals surface area (Å²) in [5.41, 5.74) is 5.81. The molecule has 1 N–H and O–H groups in total. The average molecular weight is 255 g/mol. The Morgan fingerprint density at radius 2 is 1.89 bits per heavy atom. The van der Waals surface area contributed by atoms with Crippen molar-refractivity contribution in [2.45, 2.75) is 20.3 Å². The van der Waals surface area contributed by atoms with Crippen molar-refractivity contribution in [2.75, 3.05) is 13.1 Å². The van der Waals surface area contributed by atoms with Crippen molar-refractivity contribution >= 4 is 11.4 Å². The van der Waals surface area contributed by atoms with E-state index in [1.807, 2.05) is 12.3 Å². The molecule has 1 aliphatic heterocycles. The van der Waals surface area contributed by atoms with Crippen molar-refractivity contribution in [1.82, 2.24) is 10.4 Å². The van der Waals surface area contributed by atoms with Crippen molar-refractivity contribution in [3.8, 4) is 0 Å². The first kappa shape index (κ1) is 13.6. The molecular formula is C16H21N3. The molecule has 0 bridgehead atoms. The fourth-order valence-electron chi connectivity index (χ4n) is 2.02. The number of benzene rings is 1. The third-order valence-corrected chi connectivity index (χ3v) is 3.16. The normalized spacial score (nSPS) is 14.9. The summed E-state index contributed by atoms with van der Waals surface area (Å²) in [4.78, 5) is 4.47. The number of allylic oxidation sites excluding steroid dienone is 2. The van der Waals surface area contributed by atoms with E-state index in [4.69, 9.17) is 0 Å². The van der Waals surface area contributed by atoms with E-state index in [2.05, 4.69) is 65.7 Å². The lowest BCUT2D eigenvalue weighted by Gasteiger charge is -2.20. The Kier molecular flexibility index (Phi) is 4.93. The molecule has 1 aliphatic rings. The van der Waals surface area contributed by atoms with Crippen LogP contribution < -0.4 is 5.43 Å². The molecule has 2 rings (SSSR count). The maximum absolute atomic E-state index is 4.47. The van der Waals surface area contributed by atoms with Gasteiger partial charge < -0.3 is 5.43 Å². The van der Waals surface area contributed by atoms with Gasteiger partial charge in [0.05, 0.1) is 0 Å². The van der Waals surface area contributed by atoms with Crippen LogP contribution in [0, 0.1) is 0 Å². The zero-order valence-electron chi connectivity index (χ0n) is 11.6. The summed E-state index contributed by atoms with van der Waals surface area (Å²) < 4.78 is 0. The van der Waals surface area contributed by atoms with Gasteiger partial charge in [-0.1, -0.05) is 50.3 Å². The summed E-state index contributed by atoms with van der Waals surface area (Å²) >= 11 is 0. The molecule has 0 saturated heterocycles. The lowest BCUT2D eigenvalue weighted by Crippen LogP contribution is -2.41. The Labute approximate surface area is 115 Å². The Morgan fingerprint density at radius 3 is 2.58 bits per heavy atom.